The van der Waals surface area contributed by atoms with Crippen LogP contribution >= 0.6 is 0 Å². The summed E-state index contributed by atoms with van der Waals surface area (Å²) in [6.07, 6.45) is 3.46. The molecule has 0 spiro atoms. The fourth-order valence-corrected chi connectivity index (χ4v) is 1.84. The van der Waals surface area contributed by atoms with E-state index in [0.717, 1.165) is 17.0 Å². The lowest BCUT2D eigenvalue weighted by Crippen LogP contribution is -2.04. The van der Waals surface area contributed by atoms with E-state index in [1.54, 1.807) is 12.5 Å². The minimum absolute atomic E-state index is 0.0837. The maximum Gasteiger partial charge on any atom is 0.305 e. The molecule has 0 amide bonds. The van der Waals surface area contributed by atoms with E-state index in [2.05, 4.69) is 4.98 Å². The number of hydrogen-bond acceptors (Lipinski definition) is 3. The van der Waals surface area contributed by atoms with Crippen molar-refractivity contribution in [3.05, 3.63) is 36.8 Å². The Bertz CT molecular complexity index is 546. The maximum absolute atomic E-state index is 10.6. The van der Waals surface area contributed by atoms with Gasteiger partial charge in [-0.3, -0.25) is 4.79 Å². The zero-order valence-electron chi connectivity index (χ0n) is 10.7. The summed E-state index contributed by atoms with van der Waals surface area (Å²) in [4.78, 5) is 14.7. The van der Waals surface area contributed by atoms with Gasteiger partial charge in [0, 0.05) is 12.1 Å². The van der Waals surface area contributed by atoms with E-state index >= 15 is 0 Å². The fourth-order valence-electron chi connectivity index (χ4n) is 1.84. The van der Waals surface area contributed by atoms with Crippen LogP contribution < -0.4 is 4.74 Å². The number of carboxylic acids is 1. The first kappa shape index (κ1) is 13.1. The van der Waals surface area contributed by atoms with Crippen molar-refractivity contribution in [1.82, 2.24) is 9.55 Å². The number of imidazole rings is 1. The first-order valence-electron chi connectivity index (χ1n) is 6.16. The van der Waals surface area contributed by atoms with Crippen LogP contribution in [0.5, 0.6) is 5.75 Å². The highest BCUT2D eigenvalue weighted by molar-refractivity contribution is 5.67. The zero-order valence-corrected chi connectivity index (χ0v) is 10.7. The van der Waals surface area contributed by atoms with Crippen molar-refractivity contribution in [2.24, 2.45) is 0 Å². The second kappa shape index (κ2) is 6.04. The van der Waals surface area contributed by atoms with Crippen LogP contribution in [0.15, 0.2) is 36.8 Å². The van der Waals surface area contributed by atoms with E-state index in [4.69, 9.17) is 9.84 Å². The topological polar surface area (TPSA) is 64.4 Å². The maximum atomic E-state index is 10.6. The van der Waals surface area contributed by atoms with Gasteiger partial charge in [-0.2, -0.15) is 0 Å². The molecule has 0 aliphatic carbocycles. The van der Waals surface area contributed by atoms with Gasteiger partial charge in [-0.25, -0.2) is 4.98 Å². The number of ether oxygens (including phenoxy) is 1. The van der Waals surface area contributed by atoms with Crippen molar-refractivity contribution in [2.75, 3.05) is 6.61 Å². The molecule has 0 aliphatic rings. The molecule has 1 N–H and O–H groups in total. The Hall–Kier alpha value is -2.30. The highest BCUT2D eigenvalue weighted by Crippen LogP contribution is 2.22. The van der Waals surface area contributed by atoms with Gasteiger partial charge in [0.05, 0.1) is 31.2 Å². The molecule has 0 atom stereocenters. The molecule has 0 saturated carbocycles. The summed E-state index contributed by atoms with van der Waals surface area (Å²) in [6, 6.07) is 7.68. The Labute approximate surface area is 111 Å². The van der Waals surface area contributed by atoms with E-state index in [1.165, 1.54) is 0 Å². The van der Waals surface area contributed by atoms with Gasteiger partial charge in [0.1, 0.15) is 5.75 Å². The van der Waals surface area contributed by atoms with Gasteiger partial charge in [-0.15, -0.1) is 0 Å². The van der Waals surface area contributed by atoms with Gasteiger partial charge in [0.2, 0.25) is 0 Å². The van der Waals surface area contributed by atoms with Crippen molar-refractivity contribution in [3.8, 4) is 17.0 Å². The lowest BCUT2D eigenvalue weighted by molar-refractivity contribution is -0.137. The van der Waals surface area contributed by atoms with Crippen LogP contribution in [0.3, 0.4) is 0 Å². The lowest BCUT2D eigenvalue weighted by atomic mass is 10.1. The molecule has 19 heavy (non-hydrogen) atoms. The monoisotopic (exact) mass is 260 g/mol. The molecule has 1 aromatic heterocycles. The lowest BCUT2D eigenvalue weighted by Gasteiger charge is -2.08. The summed E-state index contributed by atoms with van der Waals surface area (Å²) in [5, 5.41) is 8.72. The number of carbonyl (C=O) groups is 1. The molecular formula is C14H16N2O3. The Morgan fingerprint density at radius 1 is 1.37 bits per heavy atom. The number of aromatic nitrogens is 2. The Balaban J connectivity index is 2.17. The van der Waals surface area contributed by atoms with Crippen LogP contribution in [-0.2, 0) is 11.3 Å². The molecule has 5 nitrogen and oxygen atoms in total. The van der Waals surface area contributed by atoms with Gasteiger partial charge in [-0.05, 0) is 31.2 Å². The van der Waals surface area contributed by atoms with Crippen molar-refractivity contribution in [2.45, 2.75) is 19.9 Å². The standard InChI is InChI=1S/C14H16N2O3/c1-2-19-12-5-3-11(4-6-12)13-9-15-10-16(13)8-7-14(17)18/h3-6,9-10H,2,7-8H2,1H3,(H,17,18). The third-order valence-corrected chi connectivity index (χ3v) is 2.74. The van der Waals surface area contributed by atoms with Crippen LogP contribution in [0.1, 0.15) is 13.3 Å². The molecule has 5 heteroatoms. The van der Waals surface area contributed by atoms with Gasteiger partial charge >= 0.3 is 5.97 Å². The minimum atomic E-state index is -0.814. The van der Waals surface area contributed by atoms with Gasteiger partial charge in [-0.1, -0.05) is 0 Å². The molecule has 0 radical (unpaired) electrons. The largest absolute Gasteiger partial charge is 0.494 e. The summed E-state index contributed by atoms with van der Waals surface area (Å²) >= 11 is 0. The normalized spacial score (nSPS) is 10.4. The van der Waals surface area contributed by atoms with E-state index in [0.29, 0.717) is 13.2 Å². The second-order valence-electron chi connectivity index (χ2n) is 4.07. The smallest absolute Gasteiger partial charge is 0.305 e. The van der Waals surface area contributed by atoms with Crippen LogP contribution in [0.25, 0.3) is 11.3 Å². The van der Waals surface area contributed by atoms with E-state index in [1.807, 2.05) is 35.8 Å². The number of rotatable bonds is 6. The average Bonchev–Trinajstić information content (AvgIpc) is 2.86. The van der Waals surface area contributed by atoms with E-state index < -0.39 is 5.97 Å². The predicted molar refractivity (Wildman–Crippen MR) is 71.1 cm³/mol. The second-order valence-corrected chi connectivity index (χ2v) is 4.07. The van der Waals surface area contributed by atoms with Crippen molar-refractivity contribution in [1.29, 1.82) is 0 Å². The van der Waals surface area contributed by atoms with Crippen LogP contribution in [0.4, 0.5) is 0 Å². The molecule has 1 aromatic carbocycles. The van der Waals surface area contributed by atoms with Crippen LogP contribution in [0.2, 0.25) is 0 Å². The predicted octanol–water partition coefficient (Wildman–Crippen LogP) is 2.42. The van der Waals surface area contributed by atoms with Crippen LogP contribution in [-0.4, -0.2) is 27.2 Å². The SMILES string of the molecule is CCOc1ccc(-c2cncn2CCC(=O)O)cc1. The van der Waals surface area contributed by atoms with E-state index in [9.17, 15) is 4.79 Å². The number of aryl methyl sites for hydroxylation is 1. The van der Waals surface area contributed by atoms with Crippen molar-refractivity contribution < 1.29 is 14.6 Å². The summed E-state index contributed by atoms with van der Waals surface area (Å²) in [5.74, 6) is 0.00851. The number of nitrogens with zero attached hydrogens (tertiary/aromatic N) is 2. The number of hydrogen-bond donors (Lipinski definition) is 1. The molecule has 1 heterocycles. The molecule has 2 rings (SSSR count). The molecule has 0 fully saturated rings. The van der Waals surface area contributed by atoms with E-state index in [-0.39, 0.29) is 6.42 Å². The highest BCUT2D eigenvalue weighted by atomic mass is 16.5. The Morgan fingerprint density at radius 2 is 2.11 bits per heavy atom. The minimum Gasteiger partial charge on any atom is -0.494 e. The number of carboxylic acid groups (broad SMARTS) is 1. The molecule has 0 unspecified atom stereocenters. The summed E-state index contributed by atoms with van der Waals surface area (Å²) in [7, 11) is 0. The van der Waals surface area contributed by atoms with Gasteiger partial charge < -0.3 is 14.4 Å². The Morgan fingerprint density at radius 3 is 2.74 bits per heavy atom. The third-order valence-electron chi connectivity index (χ3n) is 2.74. The van der Waals surface area contributed by atoms with Crippen molar-refractivity contribution >= 4 is 5.97 Å². The molecule has 2 aromatic rings. The quantitative estimate of drug-likeness (QED) is 0.866. The summed E-state index contributed by atoms with van der Waals surface area (Å²) in [6.45, 7) is 2.99. The van der Waals surface area contributed by atoms with Crippen molar-refractivity contribution in [3.63, 3.8) is 0 Å². The van der Waals surface area contributed by atoms with Crippen LogP contribution in [0, 0.1) is 0 Å². The number of benzene rings is 1. The van der Waals surface area contributed by atoms with Gasteiger partial charge in [0.15, 0.2) is 0 Å². The summed E-state index contributed by atoms with van der Waals surface area (Å²) < 4.78 is 7.22. The molecule has 0 aliphatic heterocycles. The van der Waals surface area contributed by atoms with Gasteiger partial charge in [0.25, 0.3) is 0 Å². The third kappa shape index (κ3) is 3.34. The highest BCUT2D eigenvalue weighted by Gasteiger charge is 2.06. The first-order valence-corrected chi connectivity index (χ1v) is 6.16. The molecule has 100 valence electrons. The fraction of sp³-hybridized carbons (Fsp3) is 0.286. The molecule has 0 bridgehead atoms. The first-order chi connectivity index (χ1) is 9.20. The zero-order chi connectivity index (χ0) is 13.7. The molecular weight excluding hydrogens is 244 g/mol. The Kier molecular flexibility index (Phi) is 4.18. The average molecular weight is 260 g/mol. The summed E-state index contributed by atoms with van der Waals surface area (Å²) in [5.41, 5.74) is 1.90. The number of aliphatic carboxylic acids is 1. The molecule has 0 saturated heterocycles.